The predicted octanol–water partition coefficient (Wildman–Crippen LogP) is 4.34. The van der Waals surface area contributed by atoms with Gasteiger partial charge in [0.1, 0.15) is 6.07 Å². The van der Waals surface area contributed by atoms with Crippen LogP contribution in [-0.2, 0) is 0 Å². The van der Waals surface area contributed by atoms with Crippen LogP contribution in [0.25, 0.3) is 10.9 Å². The van der Waals surface area contributed by atoms with Crippen molar-refractivity contribution in [2.75, 3.05) is 5.32 Å². The van der Waals surface area contributed by atoms with Crippen LogP contribution in [0, 0.1) is 17.2 Å². The van der Waals surface area contributed by atoms with Crippen LogP contribution in [-0.4, -0.2) is 11.0 Å². The second-order valence-electron chi connectivity index (χ2n) is 5.19. The van der Waals surface area contributed by atoms with Crippen molar-refractivity contribution in [2.45, 2.75) is 39.7 Å². The standard InChI is InChI=1S/C17H21N3/c1-4-13(5-2)12(3)20-17-14(10-18)11-19-16-9-7-6-8-15(16)17/h6-9,11-13H,4-5H2,1-3H3,(H,19,20). The molecule has 3 nitrogen and oxygen atoms in total. The summed E-state index contributed by atoms with van der Waals surface area (Å²) < 4.78 is 0. The summed E-state index contributed by atoms with van der Waals surface area (Å²) in [5, 5.41) is 13.9. The highest BCUT2D eigenvalue weighted by molar-refractivity contribution is 5.93. The number of hydrogen-bond acceptors (Lipinski definition) is 3. The van der Waals surface area contributed by atoms with E-state index in [1.165, 1.54) is 0 Å². The lowest BCUT2D eigenvalue weighted by atomic mass is 9.95. The summed E-state index contributed by atoms with van der Waals surface area (Å²) in [6.45, 7) is 6.61. The van der Waals surface area contributed by atoms with Gasteiger partial charge >= 0.3 is 0 Å². The lowest BCUT2D eigenvalue weighted by Crippen LogP contribution is -2.25. The number of rotatable bonds is 5. The van der Waals surface area contributed by atoms with E-state index < -0.39 is 0 Å². The molecule has 1 aromatic carbocycles. The average molecular weight is 267 g/mol. The minimum absolute atomic E-state index is 0.336. The summed E-state index contributed by atoms with van der Waals surface area (Å²) in [5.74, 6) is 0.605. The number of fused-ring (bicyclic) bond motifs is 1. The largest absolute Gasteiger partial charge is 0.381 e. The van der Waals surface area contributed by atoms with E-state index in [1.54, 1.807) is 6.20 Å². The van der Waals surface area contributed by atoms with Crippen LogP contribution in [0.2, 0.25) is 0 Å². The molecule has 3 heteroatoms. The third-order valence-corrected chi connectivity index (χ3v) is 4.02. The first-order chi connectivity index (χ1) is 9.71. The van der Waals surface area contributed by atoms with E-state index in [9.17, 15) is 5.26 Å². The van der Waals surface area contributed by atoms with Crippen LogP contribution in [0.3, 0.4) is 0 Å². The Kier molecular flexibility index (Phi) is 4.57. The number of aromatic nitrogens is 1. The van der Waals surface area contributed by atoms with Gasteiger partial charge in [0.25, 0.3) is 0 Å². The first-order valence-electron chi connectivity index (χ1n) is 7.25. The highest BCUT2D eigenvalue weighted by Gasteiger charge is 2.16. The Bertz CT molecular complexity index is 624. The van der Waals surface area contributed by atoms with E-state index in [-0.39, 0.29) is 0 Å². The molecule has 0 spiro atoms. The zero-order valence-electron chi connectivity index (χ0n) is 12.4. The van der Waals surface area contributed by atoms with Crippen molar-refractivity contribution in [2.24, 2.45) is 5.92 Å². The Morgan fingerprint density at radius 2 is 1.95 bits per heavy atom. The van der Waals surface area contributed by atoms with Crippen LogP contribution < -0.4 is 5.32 Å². The van der Waals surface area contributed by atoms with Gasteiger partial charge in [-0.25, -0.2) is 0 Å². The van der Waals surface area contributed by atoms with Gasteiger partial charge in [-0.3, -0.25) is 4.98 Å². The van der Waals surface area contributed by atoms with Gasteiger partial charge in [-0.2, -0.15) is 5.26 Å². The van der Waals surface area contributed by atoms with E-state index in [2.05, 4.69) is 37.1 Å². The van der Waals surface area contributed by atoms with Crippen LogP contribution in [0.1, 0.15) is 39.2 Å². The number of nitrogens with one attached hydrogen (secondary N) is 1. The topological polar surface area (TPSA) is 48.7 Å². The van der Waals surface area contributed by atoms with Crippen LogP contribution >= 0.6 is 0 Å². The summed E-state index contributed by atoms with van der Waals surface area (Å²) in [5.41, 5.74) is 2.45. The van der Waals surface area contributed by atoms with E-state index in [0.29, 0.717) is 17.5 Å². The molecular weight excluding hydrogens is 246 g/mol. The van der Waals surface area contributed by atoms with E-state index in [4.69, 9.17) is 0 Å². The molecule has 2 rings (SSSR count). The number of hydrogen-bond donors (Lipinski definition) is 1. The van der Waals surface area contributed by atoms with Crippen LogP contribution in [0.4, 0.5) is 5.69 Å². The zero-order valence-corrected chi connectivity index (χ0v) is 12.4. The zero-order chi connectivity index (χ0) is 14.5. The van der Waals surface area contributed by atoms with Crippen LogP contribution in [0.5, 0.6) is 0 Å². The maximum Gasteiger partial charge on any atom is 0.103 e. The molecule has 104 valence electrons. The monoisotopic (exact) mass is 267 g/mol. The molecule has 1 unspecified atom stereocenters. The molecule has 0 aliphatic heterocycles. The minimum atomic E-state index is 0.336. The maximum absolute atomic E-state index is 9.31. The molecule has 0 saturated heterocycles. The van der Waals surface area contributed by atoms with Crippen LogP contribution in [0.15, 0.2) is 30.5 Å². The smallest absolute Gasteiger partial charge is 0.103 e. The van der Waals surface area contributed by atoms with Crippen molar-refractivity contribution in [3.63, 3.8) is 0 Å². The lowest BCUT2D eigenvalue weighted by Gasteiger charge is -2.24. The molecule has 1 heterocycles. The molecule has 1 aromatic heterocycles. The lowest BCUT2D eigenvalue weighted by molar-refractivity contribution is 0.438. The van der Waals surface area contributed by atoms with Crippen molar-refractivity contribution in [3.05, 3.63) is 36.0 Å². The van der Waals surface area contributed by atoms with Gasteiger partial charge in [-0.15, -0.1) is 0 Å². The van der Waals surface area contributed by atoms with Crippen molar-refractivity contribution >= 4 is 16.6 Å². The second-order valence-corrected chi connectivity index (χ2v) is 5.19. The number of nitriles is 1. The molecule has 0 saturated carbocycles. The normalized spacial score (nSPS) is 12.3. The molecule has 0 aliphatic rings. The Balaban J connectivity index is 2.44. The predicted molar refractivity (Wildman–Crippen MR) is 83.6 cm³/mol. The number of para-hydroxylation sites is 1. The molecule has 0 aliphatic carbocycles. The van der Waals surface area contributed by atoms with E-state index in [1.807, 2.05) is 24.3 Å². The van der Waals surface area contributed by atoms with Gasteiger partial charge in [-0.1, -0.05) is 44.9 Å². The van der Waals surface area contributed by atoms with Crippen molar-refractivity contribution < 1.29 is 0 Å². The molecule has 0 radical (unpaired) electrons. The van der Waals surface area contributed by atoms with E-state index in [0.717, 1.165) is 29.4 Å². The number of anilines is 1. The molecule has 1 atom stereocenters. The SMILES string of the molecule is CCC(CC)C(C)Nc1c(C#N)cnc2ccccc12. The summed E-state index contributed by atoms with van der Waals surface area (Å²) in [4.78, 5) is 4.34. The third kappa shape index (κ3) is 2.75. The first kappa shape index (κ1) is 14.3. The molecule has 1 N–H and O–H groups in total. The van der Waals surface area contributed by atoms with E-state index >= 15 is 0 Å². The Labute approximate surface area is 120 Å². The van der Waals surface area contributed by atoms with Gasteiger partial charge < -0.3 is 5.32 Å². The Morgan fingerprint density at radius 1 is 1.25 bits per heavy atom. The fourth-order valence-corrected chi connectivity index (χ4v) is 2.72. The van der Waals surface area contributed by atoms with Gasteiger partial charge in [0.2, 0.25) is 0 Å². The first-order valence-corrected chi connectivity index (χ1v) is 7.25. The highest BCUT2D eigenvalue weighted by atomic mass is 14.9. The number of nitrogens with zero attached hydrogens (tertiary/aromatic N) is 2. The fraction of sp³-hybridized carbons (Fsp3) is 0.412. The Hall–Kier alpha value is -2.08. The average Bonchev–Trinajstić information content (AvgIpc) is 2.49. The summed E-state index contributed by atoms with van der Waals surface area (Å²) in [6.07, 6.45) is 3.93. The molecular formula is C17H21N3. The van der Waals surface area contributed by atoms with Gasteiger partial charge in [0.05, 0.1) is 16.8 Å². The summed E-state index contributed by atoms with van der Waals surface area (Å²) >= 11 is 0. The maximum atomic E-state index is 9.31. The summed E-state index contributed by atoms with van der Waals surface area (Å²) in [6, 6.07) is 10.5. The van der Waals surface area contributed by atoms with Gasteiger partial charge in [-0.05, 0) is 18.9 Å². The van der Waals surface area contributed by atoms with Crippen molar-refractivity contribution in [1.29, 1.82) is 5.26 Å². The molecule has 20 heavy (non-hydrogen) atoms. The fourth-order valence-electron chi connectivity index (χ4n) is 2.72. The molecule has 0 fully saturated rings. The molecule has 0 bridgehead atoms. The number of pyridine rings is 1. The third-order valence-electron chi connectivity index (χ3n) is 4.02. The summed E-state index contributed by atoms with van der Waals surface area (Å²) in [7, 11) is 0. The minimum Gasteiger partial charge on any atom is -0.381 e. The quantitative estimate of drug-likeness (QED) is 0.876. The van der Waals surface area contributed by atoms with Crippen molar-refractivity contribution in [3.8, 4) is 6.07 Å². The molecule has 0 amide bonds. The highest BCUT2D eigenvalue weighted by Crippen LogP contribution is 2.28. The van der Waals surface area contributed by atoms with Gasteiger partial charge in [0.15, 0.2) is 0 Å². The van der Waals surface area contributed by atoms with Gasteiger partial charge in [0, 0.05) is 17.6 Å². The number of benzene rings is 1. The molecule has 2 aromatic rings. The second kappa shape index (κ2) is 6.38. The van der Waals surface area contributed by atoms with Crippen molar-refractivity contribution in [1.82, 2.24) is 4.98 Å². The Morgan fingerprint density at radius 3 is 2.60 bits per heavy atom.